The van der Waals surface area contributed by atoms with Gasteiger partial charge in [0.25, 0.3) is 6.43 Å². The van der Waals surface area contributed by atoms with Crippen LogP contribution in [0.25, 0.3) is 0 Å². The smallest absolute Gasteiger partial charge is 0.324 e. The van der Waals surface area contributed by atoms with E-state index in [2.05, 4.69) is 15.6 Å². The third-order valence-corrected chi connectivity index (χ3v) is 4.54. The number of carbonyl (C=O) groups excluding carboxylic acids is 2. The monoisotopic (exact) mass is 339 g/mol. The number of amides is 3. The molecule has 0 unspecified atom stereocenters. The Morgan fingerprint density at radius 1 is 1.29 bits per heavy atom. The molecule has 1 aliphatic heterocycles. The minimum atomic E-state index is -2.78. The summed E-state index contributed by atoms with van der Waals surface area (Å²) in [5.41, 5.74) is -0.432. The third kappa shape index (κ3) is 3.02. The molecule has 130 valence electrons. The molecule has 1 aromatic heterocycles. The second-order valence-electron chi connectivity index (χ2n) is 6.06. The van der Waals surface area contributed by atoms with Crippen molar-refractivity contribution < 1.29 is 18.4 Å². The number of carbonyl (C=O) groups is 2. The molecule has 1 aromatic rings. The van der Waals surface area contributed by atoms with Gasteiger partial charge in [0.05, 0.1) is 12.5 Å². The minimum absolute atomic E-state index is 0.0554. The van der Waals surface area contributed by atoms with E-state index in [0.29, 0.717) is 12.8 Å². The second-order valence-corrected chi connectivity index (χ2v) is 6.06. The molecule has 9 heteroatoms. The quantitative estimate of drug-likeness (QED) is 0.853. The molecule has 0 aromatic carbocycles. The highest BCUT2D eigenvalue weighted by molar-refractivity contribution is 5.98. The van der Waals surface area contributed by atoms with Crippen LogP contribution in [0.1, 0.15) is 43.5 Å². The van der Waals surface area contributed by atoms with Gasteiger partial charge < -0.3 is 5.32 Å². The number of hydrogen-bond acceptors (Lipinski definition) is 4. The number of nitrogens with one attached hydrogen (secondary N) is 1. The second kappa shape index (κ2) is 6.66. The van der Waals surface area contributed by atoms with Crippen molar-refractivity contribution in [1.82, 2.24) is 25.2 Å². The van der Waals surface area contributed by atoms with Gasteiger partial charge in [0, 0.05) is 13.1 Å². The van der Waals surface area contributed by atoms with Crippen LogP contribution in [0.5, 0.6) is 0 Å². The van der Waals surface area contributed by atoms with E-state index >= 15 is 0 Å². The molecule has 7 nitrogen and oxygen atoms in total. The van der Waals surface area contributed by atoms with E-state index in [1.807, 2.05) is 12.2 Å². The summed E-state index contributed by atoms with van der Waals surface area (Å²) in [6, 6.07) is -0.765. The van der Waals surface area contributed by atoms with Crippen LogP contribution < -0.4 is 5.32 Å². The average molecular weight is 339 g/mol. The SMILES string of the molecule is Cn1nnc(CN2C(=O)N[C@@H]3CC/C=C\CC[C@@H]3C2=O)c1C(F)F. The summed E-state index contributed by atoms with van der Waals surface area (Å²) < 4.78 is 27.2. The zero-order valence-electron chi connectivity index (χ0n) is 13.3. The number of halogens is 2. The molecule has 1 N–H and O–H groups in total. The van der Waals surface area contributed by atoms with Gasteiger partial charge in [-0.2, -0.15) is 0 Å². The van der Waals surface area contributed by atoms with Crippen LogP contribution in [0.4, 0.5) is 13.6 Å². The predicted octanol–water partition coefficient (Wildman–Crippen LogP) is 1.92. The van der Waals surface area contributed by atoms with E-state index in [9.17, 15) is 18.4 Å². The Labute approximate surface area is 137 Å². The van der Waals surface area contributed by atoms with Gasteiger partial charge in [-0.1, -0.05) is 17.4 Å². The van der Waals surface area contributed by atoms with Crippen LogP contribution in [-0.2, 0) is 18.4 Å². The lowest BCUT2D eigenvalue weighted by Gasteiger charge is -2.37. The number of imide groups is 1. The van der Waals surface area contributed by atoms with Gasteiger partial charge in [0.2, 0.25) is 5.91 Å². The number of nitrogens with zero attached hydrogens (tertiary/aromatic N) is 4. The summed E-state index contributed by atoms with van der Waals surface area (Å²) >= 11 is 0. The van der Waals surface area contributed by atoms with Crippen molar-refractivity contribution >= 4 is 11.9 Å². The first kappa shape index (κ1) is 16.5. The molecule has 0 spiro atoms. The largest absolute Gasteiger partial charge is 0.334 e. The Bertz CT molecular complexity index is 673. The average Bonchev–Trinajstić information content (AvgIpc) is 2.86. The molecule has 0 radical (unpaired) electrons. The minimum Gasteiger partial charge on any atom is -0.334 e. The molecule has 3 rings (SSSR count). The van der Waals surface area contributed by atoms with Crippen molar-refractivity contribution in [1.29, 1.82) is 0 Å². The summed E-state index contributed by atoms with van der Waals surface area (Å²) in [6.07, 6.45) is 4.18. The molecule has 0 saturated carbocycles. The van der Waals surface area contributed by atoms with E-state index in [-0.39, 0.29) is 35.8 Å². The van der Waals surface area contributed by atoms with E-state index in [4.69, 9.17) is 0 Å². The highest BCUT2D eigenvalue weighted by Gasteiger charge is 2.41. The van der Waals surface area contributed by atoms with Gasteiger partial charge in [-0.3, -0.25) is 9.69 Å². The number of rotatable bonds is 3. The molecule has 0 bridgehead atoms. The zero-order chi connectivity index (χ0) is 17.3. The van der Waals surface area contributed by atoms with Gasteiger partial charge in [-0.25, -0.2) is 18.3 Å². The van der Waals surface area contributed by atoms with E-state index < -0.39 is 12.5 Å². The first-order chi connectivity index (χ1) is 11.5. The lowest BCUT2D eigenvalue weighted by molar-refractivity contribution is -0.136. The van der Waals surface area contributed by atoms with Crippen LogP contribution in [0, 0.1) is 5.92 Å². The molecule has 3 amide bonds. The van der Waals surface area contributed by atoms with Crippen LogP contribution >= 0.6 is 0 Å². The highest BCUT2D eigenvalue weighted by atomic mass is 19.3. The molecule has 2 aliphatic rings. The number of allylic oxidation sites excluding steroid dienone is 2. The number of aryl methyl sites for hydroxylation is 1. The van der Waals surface area contributed by atoms with Gasteiger partial charge in [0.15, 0.2) is 0 Å². The Hall–Kier alpha value is -2.32. The van der Waals surface area contributed by atoms with E-state index in [1.165, 1.54) is 7.05 Å². The summed E-state index contributed by atoms with van der Waals surface area (Å²) in [6.45, 7) is -0.294. The maximum absolute atomic E-state index is 13.1. The summed E-state index contributed by atoms with van der Waals surface area (Å²) in [5.74, 6) is -0.663. The molecular formula is C15H19F2N5O2. The maximum Gasteiger partial charge on any atom is 0.324 e. The summed E-state index contributed by atoms with van der Waals surface area (Å²) in [7, 11) is 1.35. The van der Waals surface area contributed by atoms with Gasteiger partial charge in [0.1, 0.15) is 11.4 Å². The van der Waals surface area contributed by atoms with Gasteiger partial charge >= 0.3 is 6.03 Å². The third-order valence-electron chi connectivity index (χ3n) is 4.54. The van der Waals surface area contributed by atoms with Crippen molar-refractivity contribution in [2.75, 3.05) is 0 Å². The van der Waals surface area contributed by atoms with Gasteiger partial charge in [-0.05, 0) is 25.7 Å². The lowest BCUT2D eigenvalue weighted by Crippen LogP contribution is -2.59. The molecule has 24 heavy (non-hydrogen) atoms. The Morgan fingerprint density at radius 3 is 2.71 bits per heavy atom. The van der Waals surface area contributed by atoms with Crippen LogP contribution in [-0.4, -0.2) is 37.9 Å². The Kier molecular flexibility index (Phi) is 4.59. The Morgan fingerprint density at radius 2 is 2.00 bits per heavy atom. The van der Waals surface area contributed by atoms with Crippen molar-refractivity contribution in [3.05, 3.63) is 23.5 Å². The number of hydrogen-bond donors (Lipinski definition) is 1. The van der Waals surface area contributed by atoms with Crippen LogP contribution in [0.15, 0.2) is 12.2 Å². The van der Waals surface area contributed by atoms with Crippen molar-refractivity contribution in [2.24, 2.45) is 13.0 Å². The van der Waals surface area contributed by atoms with Gasteiger partial charge in [-0.15, -0.1) is 5.10 Å². The van der Waals surface area contributed by atoms with Crippen LogP contribution in [0.2, 0.25) is 0 Å². The molecule has 1 aliphatic carbocycles. The topological polar surface area (TPSA) is 80.1 Å². The number of alkyl halides is 2. The normalized spacial score (nSPS) is 25.9. The molecular weight excluding hydrogens is 320 g/mol. The first-order valence-corrected chi connectivity index (χ1v) is 7.92. The van der Waals surface area contributed by atoms with E-state index in [0.717, 1.165) is 22.4 Å². The fourth-order valence-corrected chi connectivity index (χ4v) is 3.28. The number of fused-ring (bicyclic) bond motifs is 1. The standard InChI is InChI=1S/C15H19F2N5O2/c1-21-12(13(16)17)11(19-20-21)8-22-14(23)9-6-4-2-3-5-7-10(9)18-15(22)24/h2-3,9-10,13H,4-8H2,1H3,(H,18,24)/b3-2-/t9-,10+/m0/s1. The maximum atomic E-state index is 13.1. The predicted molar refractivity (Wildman–Crippen MR) is 79.9 cm³/mol. The zero-order valence-corrected chi connectivity index (χ0v) is 13.3. The molecule has 1 saturated heterocycles. The summed E-state index contributed by atoms with van der Waals surface area (Å²) in [4.78, 5) is 26.0. The number of urea groups is 1. The summed E-state index contributed by atoms with van der Waals surface area (Å²) in [5, 5.41) is 10.1. The highest BCUT2D eigenvalue weighted by Crippen LogP contribution is 2.28. The Balaban J connectivity index is 1.82. The lowest BCUT2D eigenvalue weighted by atomic mass is 9.86. The van der Waals surface area contributed by atoms with Crippen LogP contribution in [0.3, 0.4) is 0 Å². The molecule has 1 fully saturated rings. The van der Waals surface area contributed by atoms with Crippen molar-refractivity contribution in [2.45, 2.75) is 44.7 Å². The molecule has 2 heterocycles. The number of aromatic nitrogens is 3. The first-order valence-electron chi connectivity index (χ1n) is 7.92. The van der Waals surface area contributed by atoms with Crippen molar-refractivity contribution in [3.63, 3.8) is 0 Å². The fraction of sp³-hybridized carbons (Fsp3) is 0.600. The fourth-order valence-electron chi connectivity index (χ4n) is 3.28. The molecule has 2 atom stereocenters. The van der Waals surface area contributed by atoms with Crippen molar-refractivity contribution in [3.8, 4) is 0 Å². The van der Waals surface area contributed by atoms with E-state index in [1.54, 1.807) is 0 Å².